The number of amides is 1. The lowest BCUT2D eigenvalue weighted by Crippen LogP contribution is -2.36. The van der Waals surface area contributed by atoms with Crippen molar-refractivity contribution in [3.05, 3.63) is 35.9 Å². The van der Waals surface area contributed by atoms with Gasteiger partial charge in [0.25, 0.3) is 0 Å². The third-order valence-corrected chi connectivity index (χ3v) is 2.47. The summed E-state index contributed by atoms with van der Waals surface area (Å²) in [6.45, 7) is 0. The summed E-state index contributed by atoms with van der Waals surface area (Å²) in [5.74, 6) is -0.390. The predicted octanol–water partition coefficient (Wildman–Crippen LogP) is 0.547. The van der Waals surface area contributed by atoms with Crippen molar-refractivity contribution in [2.75, 3.05) is 7.05 Å². The standard InChI is InChI=1S/C11H10N4OS/c1-13-9-8(7-5-3-2-4-6-7)14-15(10(9)16)11(12)17/h2-6H,1H3,(H2,12,17). The molecule has 1 aliphatic rings. The van der Waals surface area contributed by atoms with Gasteiger partial charge < -0.3 is 5.73 Å². The monoisotopic (exact) mass is 246 g/mol. The molecule has 5 nitrogen and oxygen atoms in total. The van der Waals surface area contributed by atoms with Gasteiger partial charge in [0.05, 0.1) is 0 Å². The van der Waals surface area contributed by atoms with Gasteiger partial charge >= 0.3 is 5.91 Å². The van der Waals surface area contributed by atoms with Crippen molar-refractivity contribution in [1.29, 1.82) is 0 Å². The Morgan fingerprint density at radius 2 is 2.06 bits per heavy atom. The Labute approximate surface area is 104 Å². The number of carbonyl (C=O) groups excluding carboxylic acids is 1. The maximum absolute atomic E-state index is 11.9. The minimum atomic E-state index is -0.390. The molecule has 0 aliphatic carbocycles. The summed E-state index contributed by atoms with van der Waals surface area (Å²) < 4.78 is 0. The van der Waals surface area contributed by atoms with E-state index in [4.69, 9.17) is 18.0 Å². The van der Waals surface area contributed by atoms with Crippen LogP contribution in [-0.2, 0) is 4.79 Å². The van der Waals surface area contributed by atoms with Crippen LogP contribution in [0.15, 0.2) is 40.4 Å². The van der Waals surface area contributed by atoms with Crippen LogP contribution >= 0.6 is 12.2 Å². The Morgan fingerprint density at radius 3 is 2.59 bits per heavy atom. The van der Waals surface area contributed by atoms with Gasteiger partial charge in [-0.2, -0.15) is 10.1 Å². The second-order valence-electron chi connectivity index (χ2n) is 3.34. The highest BCUT2D eigenvalue weighted by Gasteiger charge is 2.33. The van der Waals surface area contributed by atoms with E-state index in [1.54, 1.807) is 0 Å². The average Bonchev–Trinajstić information content (AvgIpc) is 2.67. The van der Waals surface area contributed by atoms with Crippen molar-refractivity contribution in [3.8, 4) is 0 Å². The zero-order valence-corrected chi connectivity index (χ0v) is 9.94. The van der Waals surface area contributed by atoms with Gasteiger partial charge in [-0.15, -0.1) is 0 Å². The first-order valence-corrected chi connectivity index (χ1v) is 5.31. The molecule has 1 aromatic rings. The van der Waals surface area contributed by atoms with Crippen LogP contribution in [0.5, 0.6) is 0 Å². The van der Waals surface area contributed by atoms with E-state index in [1.807, 2.05) is 30.3 Å². The number of aliphatic imine (C=N–C) groups is 1. The summed E-state index contributed by atoms with van der Waals surface area (Å²) in [6.07, 6.45) is 0. The van der Waals surface area contributed by atoms with Gasteiger partial charge in [0, 0.05) is 12.6 Å². The Kier molecular flexibility index (Phi) is 2.97. The minimum absolute atomic E-state index is 0.0814. The number of rotatable bonds is 1. The fraction of sp³-hybridized carbons (Fsp3) is 0.0909. The van der Waals surface area contributed by atoms with Crippen molar-refractivity contribution in [2.45, 2.75) is 0 Å². The first kappa shape index (κ1) is 11.4. The molecule has 1 aromatic carbocycles. The highest BCUT2D eigenvalue weighted by Crippen LogP contribution is 2.13. The van der Waals surface area contributed by atoms with Crippen LogP contribution in [0.2, 0.25) is 0 Å². The first-order chi connectivity index (χ1) is 8.15. The number of nitrogens with two attached hydrogens (primary N) is 1. The molecule has 1 aliphatic heterocycles. The molecule has 0 bridgehead atoms. The van der Waals surface area contributed by atoms with Crippen molar-refractivity contribution >= 4 is 34.7 Å². The van der Waals surface area contributed by atoms with Crippen LogP contribution in [0.4, 0.5) is 0 Å². The van der Waals surface area contributed by atoms with Crippen LogP contribution in [0.25, 0.3) is 0 Å². The molecule has 1 heterocycles. The van der Waals surface area contributed by atoms with Gasteiger partial charge in [-0.05, 0) is 12.2 Å². The summed E-state index contributed by atoms with van der Waals surface area (Å²) in [4.78, 5) is 15.8. The molecule has 0 unspecified atom stereocenters. The lowest BCUT2D eigenvalue weighted by Gasteiger charge is -2.06. The van der Waals surface area contributed by atoms with E-state index in [9.17, 15) is 4.79 Å². The summed E-state index contributed by atoms with van der Waals surface area (Å²) in [5.41, 5.74) is 6.98. The van der Waals surface area contributed by atoms with Crippen LogP contribution in [0, 0.1) is 0 Å². The quantitative estimate of drug-likeness (QED) is 0.735. The molecule has 0 fully saturated rings. The number of thiocarbonyl (C=S) groups is 1. The van der Waals surface area contributed by atoms with Crippen molar-refractivity contribution in [3.63, 3.8) is 0 Å². The van der Waals surface area contributed by atoms with Gasteiger partial charge in [0.15, 0.2) is 10.8 Å². The maximum Gasteiger partial charge on any atom is 0.301 e. The van der Waals surface area contributed by atoms with E-state index in [0.29, 0.717) is 5.71 Å². The van der Waals surface area contributed by atoms with Crippen molar-refractivity contribution in [2.24, 2.45) is 15.8 Å². The van der Waals surface area contributed by atoms with Gasteiger partial charge in [-0.3, -0.25) is 9.79 Å². The van der Waals surface area contributed by atoms with Gasteiger partial charge in [-0.1, -0.05) is 30.3 Å². The lowest BCUT2D eigenvalue weighted by molar-refractivity contribution is -0.119. The summed E-state index contributed by atoms with van der Waals surface area (Å²) in [5, 5.41) is 5.00. The molecule has 0 atom stereocenters. The SMILES string of the molecule is CN=C1C(=O)N(C(N)=S)N=C1c1ccccc1. The highest BCUT2D eigenvalue weighted by molar-refractivity contribution is 7.80. The molecule has 2 N–H and O–H groups in total. The number of carbonyl (C=O) groups is 1. The van der Waals surface area contributed by atoms with Crippen LogP contribution in [0.1, 0.15) is 5.56 Å². The topological polar surface area (TPSA) is 71.0 Å². The molecule has 0 aromatic heterocycles. The number of hydrazone groups is 1. The summed E-state index contributed by atoms with van der Waals surface area (Å²) in [6, 6.07) is 9.30. The maximum atomic E-state index is 11.9. The van der Waals surface area contributed by atoms with E-state index in [0.717, 1.165) is 10.6 Å². The molecule has 1 amide bonds. The second-order valence-corrected chi connectivity index (χ2v) is 3.76. The van der Waals surface area contributed by atoms with E-state index in [-0.39, 0.29) is 16.7 Å². The minimum Gasteiger partial charge on any atom is -0.374 e. The molecule has 0 spiro atoms. The molecule has 0 saturated carbocycles. The average molecular weight is 246 g/mol. The highest BCUT2D eigenvalue weighted by atomic mass is 32.1. The number of benzene rings is 1. The summed E-state index contributed by atoms with van der Waals surface area (Å²) in [7, 11) is 1.54. The fourth-order valence-electron chi connectivity index (χ4n) is 1.54. The Hall–Kier alpha value is -2.08. The zero-order valence-electron chi connectivity index (χ0n) is 9.12. The van der Waals surface area contributed by atoms with Crippen LogP contribution in [-0.4, -0.2) is 34.5 Å². The van der Waals surface area contributed by atoms with Crippen molar-refractivity contribution < 1.29 is 4.79 Å². The molecule has 6 heteroatoms. The zero-order chi connectivity index (χ0) is 12.4. The molecule has 86 valence electrons. The van der Waals surface area contributed by atoms with E-state index < -0.39 is 0 Å². The summed E-state index contributed by atoms with van der Waals surface area (Å²) >= 11 is 4.76. The number of hydrogen-bond acceptors (Lipinski definition) is 4. The third kappa shape index (κ3) is 1.94. The Morgan fingerprint density at radius 1 is 1.41 bits per heavy atom. The predicted molar refractivity (Wildman–Crippen MR) is 70.0 cm³/mol. The van der Waals surface area contributed by atoms with Crippen LogP contribution in [0.3, 0.4) is 0 Å². The van der Waals surface area contributed by atoms with E-state index in [1.165, 1.54) is 7.05 Å². The van der Waals surface area contributed by atoms with Gasteiger partial charge in [0.2, 0.25) is 0 Å². The molecular weight excluding hydrogens is 236 g/mol. The van der Waals surface area contributed by atoms with Gasteiger partial charge in [-0.25, -0.2) is 0 Å². The second kappa shape index (κ2) is 4.42. The molecule has 0 radical (unpaired) electrons. The Balaban J connectivity index is 2.50. The molecular formula is C11H10N4OS. The lowest BCUT2D eigenvalue weighted by atomic mass is 10.1. The van der Waals surface area contributed by atoms with Gasteiger partial charge in [0.1, 0.15) is 5.71 Å². The first-order valence-electron chi connectivity index (χ1n) is 4.90. The van der Waals surface area contributed by atoms with Crippen molar-refractivity contribution in [1.82, 2.24) is 5.01 Å². The van der Waals surface area contributed by atoms with E-state index >= 15 is 0 Å². The third-order valence-electron chi connectivity index (χ3n) is 2.30. The molecule has 2 rings (SSSR count). The largest absolute Gasteiger partial charge is 0.374 e. The fourth-order valence-corrected chi connectivity index (χ4v) is 1.66. The van der Waals surface area contributed by atoms with Crippen LogP contribution < -0.4 is 5.73 Å². The Bertz CT molecular complexity index is 536. The molecule has 0 saturated heterocycles. The number of hydrogen-bond donors (Lipinski definition) is 1. The normalized spacial score (nSPS) is 17.5. The number of nitrogens with zero attached hydrogens (tertiary/aromatic N) is 3. The van der Waals surface area contributed by atoms with E-state index in [2.05, 4.69) is 10.1 Å². The molecule has 17 heavy (non-hydrogen) atoms. The smallest absolute Gasteiger partial charge is 0.301 e.